The summed E-state index contributed by atoms with van der Waals surface area (Å²) >= 11 is 0. The summed E-state index contributed by atoms with van der Waals surface area (Å²) in [7, 11) is 0. The Morgan fingerprint density at radius 3 is 2.29 bits per heavy atom. The molecule has 2 aromatic rings. The van der Waals surface area contributed by atoms with Crippen molar-refractivity contribution in [2.45, 2.75) is 33.1 Å². The molecule has 28 heavy (non-hydrogen) atoms. The summed E-state index contributed by atoms with van der Waals surface area (Å²) in [6.07, 6.45) is 1.68. The first kappa shape index (κ1) is 19.5. The van der Waals surface area contributed by atoms with Crippen LogP contribution in [0.2, 0.25) is 0 Å². The van der Waals surface area contributed by atoms with Crippen LogP contribution in [0.1, 0.15) is 31.4 Å². The van der Waals surface area contributed by atoms with Gasteiger partial charge in [0.15, 0.2) is 0 Å². The molecule has 1 fully saturated rings. The van der Waals surface area contributed by atoms with E-state index in [2.05, 4.69) is 0 Å². The molecule has 146 valence electrons. The summed E-state index contributed by atoms with van der Waals surface area (Å²) in [5.74, 6) is -0.944. The van der Waals surface area contributed by atoms with Gasteiger partial charge in [0.1, 0.15) is 5.75 Å². The zero-order valence-corrected chi connectivity index (χ0v) is 15.9. The number of rotatable bonds is 6. The van der Waals surface area contributed by atoms with Crippen LogP contribution in [0, 0.1) is 16.0 Å². The fraction of sp³-hybridized carbons (Fsp3) is 0.333. The topological polar surface area (TPSA) is 89.8 Å². The van der Waals surface area contributed by atoms with Crippen molar-refractivity contribution in [2.24, 2.45) is 5.92 Å². The second-order valence-corrected chi connectivity index (χ2v) is 6.71. The molecule has 1 amide bonds. The van der Waals surface area contributed by atoms with Crippen molar-refractivity contribution in [3.05, 3.63) is 63.7 Å². The Hall–Kier alpha value is -3.22. The molecular formula is C21H22N2O5. The molecule has 0 saturated carbocycles. The highest BCUT2D eigenvalue weighted by Gasteiger charge is 2.37. The minimum Gasteiger partial charge on any atom is -0.426 e. The third-order valence-electron chi connectivity index (χ3n) is 4.96. The Morgan fingerprint density at radius 1 is 1.14 bits per heavy atom. The van der Waals surface area contributed by atoms with Crippen LogP contribution < -0.4 is 9.64 Å². The number of nitro benzene ring substituents is 1. The van der Waals surface area contributed by atoms with E-state index in [4.69, 9.17) is 4.74 Å². The number of nitrogens with zero attached hydrogens (tertiary/aromatic N) is 2. The number of carbonyl (C=O) groups is 2. The van der Waals surface area contributed by atoms with E-state index in [1.807, 2.05) is 32.0 Å². The quantitative estimate of drug-likeness (QED) is 0.329. The first-order chi connectivity index (χ1) is 13.4. The number of hydrogen-bond donors (Lipinski definition) is 0. The highest BCUT2D eigenvalue weighted by atomic mass is 16.6. The lowest BCUT2D eigenvalue weighted by molar-refractivity contribution is -0.384. The smallest absolute Gasteiger partial charge is 0.316 e. The number of amides is 1. The van der Waals surface area contributed by atoms with E-state index in [-0.39, 0.29) is 30.3 Å². The van der Waals surface area contributed by atoms with E-state index < -0.39 is 16.8 Å². The van der Waals surface area contributed by atoms with Gasteiger partial charge >= 0.3 is 5.97 Å². The van der Waals surface area contributed by atoms with Crippen molar-refractivity contribution < 1.29 is 19.2 Å². The largest absolute Gasteiger partial charge is 0.426 e. The Morgan fingerprint density at radius 2 is 1.75 bits per heavy atom. The van der Waals surface area contributed by atoms with Crippen molar-refractivity contribution >= 4 is 23.3 Å². The molecule has 1 aliphatic rings. The Balaban J connectivity index is 1.76. The Bertz CT molecular complexity index is 885. The van der Waals surface area contributed by atoms with Gasteiger partial charge in [-0.3, -0.25) is 19.7 Å². The van der Waals surface area contributed by atoms with Crippen LogP contribution in [-0.4, -0.2) is 23.3 Å². The summed E-state index contributed by atoms with van der Waals surface area (Å²) in [5.41, 5.74) is 2.99. The second-order valence-electron chi connectivity index (χ2n) is 6.71. The standard InChI is InChI=1S/C21H22N2O5/c1-3-14-6-5-7-15(4-2)20(14)22-13-16(12-19(22)24)21(25)28-18-10-8-17(9-11-18)23(26)27/h5-11,16H,3-4,12-13H2,1-2H3/t16-/m0/s1. The first-order valence-corrected chi connectivity index (χ1v) is 9.31. The maximum absolute atomic E-state index is 12.6. The number of anilines is 1. The summed E-state index contributed by atoms with van der Waals surface area (Å²) in [5, 5.41) is 10.7. The molecule has 2 aromatic carbocycles. The number of carbonyl (C=O) groups excluding carboxylic acids is 2. The maximum atomic E-state index is 12.6. The highest BCUT2D eigenvalue weighted by molar-refractivity contribution is 6.00. The molecule has 1 aliphatic heterocycles. The lowest BCUT2D eigenvalue weighted by Gasteiger charge is -2.23. The Labute approximate surface area is 163 Å². The number of ether oxygens (including phenoxy) is 1. The van der Waals surface area contributed by atoms with Gasteiger partial charge in [0.25, 0.3) is 5.69 Å². The molecule has 0 N–H and O–H groups in total. The van der Waals surface area contributed by atoms with E-state index >= 15 is 0 Å². The van der Waals surface area contributed by atoms with Gasteiger partial charge in [-0.05, 0) is 36.1 Å². The minimum atomic E-state index is -0.572. The predicted molar refractivity (Wildman–Crippen MR) is 104 cm³/mol. The van der Waals surface area contributed by atoms with Crippen molar-refractivity contribution in [2.75, 3.05) is 11.4 Å². The van der Waals surface area contributed by atoms with Crippen LogP contribution in [0.15, 0.2) is 42.5 Å². The minimum absolute atomic E-state index is 0.0784. The van der Waals surface area contributed by atoms with Gasteiger partial charge < -0.3 is 9.64 Å². The molecule has 0 bridgehead atoms. The normalized spacial score (nSPS) is 16.3. The highest BCUT2D eigenvalue weighted by Crippen LogP contribution is 2.33. The molecule has 1 atom stereocenters. The zero-order chi connectivity index (χ0) is 20.3. The van der Waals surface area contributed by atoms with Crippen molar-refractivity contribution in [3.8, 4) is 5.75 Å². The lowest BCUT2D eigenvalue weighted by atomic mass is 10.0. The van der Waals surface area contributed by atoms with Crippen LogP contribution in [-0.2, 0) is 22.4 Å². The van der Waals surface area contributed by atoms with Crippen LogP contribution >= 0.6 is 0 Å². The monoisotopic (exact) mass is 382 g/mol. The molecule has 0 spiro atoms. The van der Waals surface area contributed by atoms with Gasteiger partial charge in [-0.2, -0.15) is 0 Å². The number of benzene rings is 2. The van der Waals surface area contributed by atoms with Crippen molar-refractivity contribution in [1.82, 2.24) is 0 Å². The number of non-ortho nitro benzene ring substituents is 1. The number of esters is 1. The van der Waals surface area contributed by atoms with Crippen LogP contribution in [0.4, 0.5) is 11.4 Å². The summed E-state index contributed by atoms with van der Waals surface area (Å²) in [6.45, 7) is 4.35. The van der Waals surface area contributed by atoms with E-state index in [9.17, 15) is 19.7 Å². The molecule has 0 aromatic heterocycles. The number of para-hydroxylation sites is 1. The molecule has 1 saturated heterocycles. The second kappa shape index (κ2) is 8.21. The van der Waals surface area contributed by atoms with E-state index in [0.717, 1.165) is 29.7 Å². The van der Waals surface area contributed by atoms with E-state index in [1.54, 1.807) is 4.90 Å². The number of nitro groups is 1. The van der Waals surface area contributed by atoms with E-state index in [0.29, 0.717) is 0 Å². The van der Waals surface area contributed by atoms with Crippen molar-refractivity contribution in [3.63, 3.8) is 0 Å². The number of aryl methyl sites for hydroxylation is 2. The lowest BCUT2D eigenvalue weighted by Crippen LogP contribution is -2.29. The molecule has 0 unspecified atom stereocenters. The zero-order valence-electron chi connectivity index (χ0n) is 15.9. The third-order valence-corrected chi connectivity index (χ3v) is 4.96. The van der Waals surface area contributed by atoms with Gasteiger partial charge in [-0.25, -0.2) is 0 Å². The molecule has 0 aliphatic carbocycles. The fourth-order valence-corrected chi connectivity index (χ4v) is 3.48. The van der Waals surface area contributed by atoms with Crippen LogP contribution in [0.25, 0.3) is 0 Å². The molecule has 1 heterocycles. The Kier molecular flexibility index (Phi) is 5.73. The molecule has 7 heteroatoms. The summed E-state index contributed by atoms with van der Waals surface area (Å²) < 4.78 is 5.34. The molecule has 3 rings (SSSR count). The van der Waals surface area contributed by atoms with Gasteiger partial charge in [0.2, 0.25) is 5.91 Å². The van der Waals surface area contributed by atoms with Gasteiger partial charge in [0, 0.05) is 30.8 Å². The van der Waals surface area contributed by atoms with Gasteiger partial charge in [0.05, 0.1) is 10.8 Å². The maximum Gasteiger partial charge on any atom is 0.316 e. The number of hydrogen-bond acceptors (Lipinski definition) is 5. The van der Waals surface area contributed by atoms with Crippen molar-refractivity contribution in [1.29, 1.82) is 0 Å². The van der Waals surface area contributed by atoms with Gasteiger partial charge in [-0.15, -0.1) is 0 Å². The average molecular weight is 382 g/mol. The predicted octanol–water partition coefficient (Wildman–Crippen LogP) is 3.68. The fourth-order valence-electron chi connectivity index (χ4n) is 3.48. The first-order valence-electron chi connectivity index (χ1n) is 9.31. The van der Waals surface area contributed by atoms with E-state index in [1.165, 1.54) is 24.3 Å². The molecular weight excluding hydrogens is 360 g/mol. The summed E-state index contributed by atoms with van der Waals surface area (Å²) in [6, 6.07) is 11.3. The van der Waals surface area contributed by atoms with Crippen LogP contribution in [0.3, 0.4) is 0 Å². The molecule has 0 radical (unpaired) electrons. The average Bonchev–Trinajstić information content (AvgIpc) is 3.09. The van der Waals surface area contributed by atoms with Gasteiger partial charge in [-0.1, -0.05) is 32.0 Å². The van der Waals surface area contributed by atoms with Crippen LogP contribution in [0.5, 0.6) is 5.75 Å². The molecule has 7 nitrogen and oxygen atoms in total. The third kappa shape index (κ3) is 3.88. The SMILES string of the molecule is CCc1cccc(CC)c1N1C[C@@H](C(=O)Oc2ccc([N+](=O)[O-])cc2)CC1=O. The summed E-state index contributed by atoms with van der Waals surface area (Å²) in [4.78, 5) is 37.1.